The fraction of sp³-hybridized carbons (Fsp3) is 0.0909. The van der Waals surface area contributed by atoms with Crippen LogP contribution >= 0.6 is 27.3 Å². The highest BCUT2D eigenvalue weighted by molar-refractivity contribution is 9.10. The number of thiazole rings is 1. The van der Waals surface area contributed by atoms with Crippen LogP contribution in [-0.4, -0.2) is 10.9 Å². The van der Waals surface area contributed by atoms with E-state index in [0.29, 0.717) is 5.01 Å². The third-order valence-electron chi connectivity index (χ3n) is 1.94. The van der Waals surface area contributed by atoms with Crippen molar-refractivity contribution >= 4 is 38.9 Å². The number of carbonyl (C=O) groups is 1. The predicted molar refractivity (Wildman–Crippen MR) is 68.9 cm³/mol. The van der Waals surface area contributed by atoms with Crippen molar-refractivity contribution in [2.75, 3.05) is 5.32 Å². The second kappa shape index (κ2) is 4.76. The number of aryl methyl sites for hydroxylation is 1. The topological polar surface area (TPSA) is 42.0 Å². The Bertz CT molecular complexity index is 524. The summed E-state index contributed by atoms with van der Waals surface area (Å²) in [6, 6.07) is 7.48. The van der Waals surface area contributed by atoms with E-state index in [1.165, 1.54) is 11.3 Å². The molecule has 0 saturated carbocycles. The number of halogens is 1. The van der Waals surface area contributed by atoms with Gasteiger partial charge in [0.25, 0.3) is 5.91 Å². The molecule has 2 aromatic rings. The predicted octanol–water partition coefficient (Wildman–Crippen LogP) is 3.47. The van der Waals surface area contributed by atoms with Crippen LogP contribution in [0.2, 0.25) is 0 Å². The third-order valence-corrected chi connectivity index (χ3v) is 3.59. The van der Waals surface area contributed by atoms with E-state index in [0.717, 1.165) is 15.9 Å². The lowest BCUT2D eigenvalue weighted by Gasteiger charge is -2.04. The maximum atomic E-state index is 11.8. The number of anilines is 1. The fourth-order valence-corrected chi connectivity index (χ4v) is 2.27. The molecule has 0 fully saturated rings. The van der Waals surface area contributed by atoms with Gasteiger partial charge in [0.05, 0.1) is 5.69 Å². The first-order chi connectivity index (χ1) is 7.66. The molecule has 0 atom stereocenters. The molecule has 0 aliphatic carbocycles. The van der Waals surface area contributed by atoms with Gasteiger partial charge in [-0.05, 0) is 35.0 Å². The van der Waals surface area contributed by atoms with E-state index in [-0.39, 0.29) is 5.91 Å². The van der Waals surface area contributed by atoms with Gasteiger partial charge in [0.2, 0.25) is 0 Å². The number of rotatable bonds is 2. The zero-order valence-electron chi connectivity index (χ0n) is 8.53. The molecule has 2 rings (SSSR count). The maximum absolute atomic E-state index is 11.8. The van der Waals surface area contributed by atoms with Crippen molar-refractivity contribution < 1.29 is 4.79 Å². The van der Waals surface area contributed by atoms with E-state index in [1.54, 1.807) is 0 Å². The number of nitrogens with zero attached hydrogens (tertiary/aromatic N) is 1. The SMILES string of the molecule is Cc1csc(C(=O)Nc2ccccc2Br)n1. The number of amides is 1. The largest absolute Gasteiger partial charge is 0.319 e. The number of para-hydroxylation sites is 1. The number of aromatic nitrogens is 1. The third kappa shape index (κ3) is 2.48. The molecular weight excluding hydrogens is 288 g/mol. The first-order valence-electron chi connectivity index (χ1n) is 4.65. The Labute approximate surface area is 106 Å². The van der Waals surface area contributed by atoms with Crippen LogP contribution in [0.3, 0.4) is 0 Å². The zero-order chi connectivity index (χ0) is 11.5. The zero-order valence-corrected chi connectivity index (χ0v) is 10.9. The number of hydrogen-bond donors (Lipinski definition) is 1. The molecular formula is C11H9BrN2OS. The average molecular weight is 297 g/mol. The first kappa shape index (κ1) is 11.3. The van der Waals surface area contributed by atoms with Gasteiger partial charge in [-0.1, -0.05) is 12.1 Å². The summed E-state index contributed by atoms with van der Waals surface area (Å²) in [6.07, 6.45) is 0. The Morgan fingerprint density at radius 1 is 1.44 bits per heavy atom. The van der Waals surface area contributed by atoms with E-state index < -0.39 is 0 Å². The summed E-state index contributed by atoms with van der Waals surface area (Å²) in [5, 5.41) is 5.14. The molecule has 5 heteroatoms. The van der Waals surface area contributed by atoms with Gasteiger partial charge in [-0.2, -0.15) is 0 Å². The minimum atomic E-state index is -0.176. The van der Waals surface area contributed by atoms with Crippen LogP contribution in [0.25, 0.3) is 0 Å². The monoisotopic (exact) mass is 296 g/mol. The van der Waals surface area contributed by atoms with Gasteiger partial charge in [-0.15, -0.1) is 11.3 Å². The maximum Gasteiger partial charge on any atom is 0.284 e. The summed E-state index contributed by atoms with van der Waals surface area (Å²) in [6.45, 7) is 1.87. The summed E-state index contributed by atoms with van der Waals surface area (Å²) < 4.78 is 0.858. The highest BCUT2D eigenvalue weighted by Crippen LogP contribution is 2.22. The summed E-state index contributed by atoms with van der Waals surface area (Å²) >= 11 is 4.72. The molecule has 16 heavy (non-hydrogen) atoms. The van der Waals surface area contributed by atoms with Crippen LogP contribution in [0, 0.1) is 6.92 Å². The summed E-state index contributed by atoms with van der Waals surface area (Å²) in [4.78, 5) is 15.9. The van der Waals surface area contributed by atoms with Crippen molar-refractivity contribution in [2.45, 2.75) is 6.92 Å². The molecule has 82 valence electrons. The molecule has 0 radical (unpaired) electrons. The second-order valence-corrected chi connectivity index (χ2v) is 4.94. The van der Waals surface area contributed by atoms with Crippen LogP contribution in [0.15, 0.2) is 34.1 Å². The van der Waals surface area contributed by atoms with Gasteiger partial charge in [-0.3, -0.25) is 4.79 Å². The number of hydrogen-bond acceptors (Lipinski definition) is 3. The van der Waals surface area contributed by atoms with Gasteiger partial charge in [0.1, 0.15) is 0 Å². The van der Waals surface area contributed by atoms with Gasteiger partial charge in [0, 0.05) is 15.5 Å². The first-order valence-corrected chi connectivity index (χ1v) is 6.32. The second-order valence-electron chi connectivity index (χ2n) is 3.23. The Morgan fingerprint density at radius 3 is 2.81 bits per heavy atom. The minimum absolute atomic E-state index is 0.176. The lowest BCUT2D eigenvalue weighted by Crippen LogP contribution is -2.11. The van der Waals surface area contributed by atoms with Crippen LogP contribution in [-0.2, 0) is 0 Å². The van der Waals surface area contributed by atoms with Crippen LogP contribution < -0.4 is 5.32 Å². The molecule has 1 N–H and O–H groups in total. The standard InChI is InChI=1S/C11H9BrN2OS/c1-7-6-16-11(13-7)10(15)14-9-5-3-2-4-8(9)12/h2-6H,1H3,(H,14,15). The van der Waals surface area contributed by atoms with Crippen molar-refractivity contribution in [2.24, 2.45) is 0 Å². The number of benzene rings is 1. The number of carbonyl (C=O) groups excluding carboxylic acids is 1. The van der Waals surface area contributed by atoms with Crippen LogP contribution in [0.1, 0.15) is 15.5 Å². The molecule has 1 aromatic carbocycles. The molecule has 1 aromatic heterocycles. The Kier molecular flexibility index (Phi) is 3.36. The van der Waals surface area contributed by atoms with Gasteiger partial charge in [-0.25, -0.2) is 4.98 Å². The Hall–Kier alpha value is -1.20. The lowest BCUT2D eigenvalue weighted by atomic mass is 10.3. The lowest BCUT2D eigenvalue weighted by molar-refractivity contribution is 0.102. The van der Waals surface area contributed by atoms with Gasteiger partial charge < -0.3 is 5.32 Å². The highest BCUT2D eigenvalue weighted by Gasteiger charge is 2.10. The van der Waals surface area contributed by atoms with E-state index in [1.807, 2.05) is 36.6 Å². The van der Waals surface area contributed by atoms with Crippen molar-refractivity contribution in [3.63, 3.8) is 0 Å². The van der Waals surface area contributed by atoms with Crippen molar-refractivity contribution in [1.29, 1.82) is 0 Å². The normalized spacial score (nSPS) is 10.1. The van der Waals surface area contributed by atoms with Crippen molar-refractivity contribution in [3.8, 4) is 0 Å². The van der Waals surface area contributed by atoms with Crippen molar-refractivity contribution in [1.82, 2.24) is 4.98 Å². The molecule has 0 saturated heterocycles. The molecule has 1 amide bonds. The average Bonchev–Trinajstić information content (AvgIpc) is 2.68. The summed E-state index contributed by atoms with van der Waals surface area (Å²) in [5.41, 5.74) is 1.61. The molecule has 0 aliphatic rings. The summed E-state index contributed by atoms with van der Waals surface area (Å²) in [7, 11) is 0. The molecule has 0 bridgehead atoms. The highest BCUT2D eigenvalue weighted by atomic mass is 79.9. The number of nitrogens with one attached hydrogen (secondary N) is 1. The van der Waals surface area contributed by atoms with Crippen molar-refractivity contribution in [3.05, 3.63) is 44.8 Å². The molecule has 0 spiro atoms. The smallest absolute Gasteiger partial charge is 0.284 e. The van der Waals surface area contributed by atoms with Crippen LogP contribution in [0.5, 0.6) is 0 Å². The van der Waals surface area contributed by atoms with Crippen LogP contribution in [0.4, 0.5) is 5.69 Å². The fourth-order valence-electron chi connectivity index (χ4n) is 1.20. The van der Waals surface area contributed by atoms with E-state index >= 15 is 0 Å². The minimum Gasteiger partial charge on any atom is -0.319 e. The quantitative estimate of drug-likeness (QED) is 0.922. The van der Waals surface area contributed by atoms with E-state index in [9.17, 15) is 4.79 Å². The molecule has 0 aliphatic heterocycles. The molecule has 3 nitrogen and oxygen atoms in total. The Morgan fingerprint density at radius 2 is 2.19 bits per heavy atom. The van der Waals surface area contributed by atoms with Gasteiger partial charge >= 0.3 is 0 Å². The van der Waals surface area contributed by atoms with E-state index in [2.05, 4.69) is 26.2 Å². The molecule has 1 heterocycles. The van der Waals surface area contributed by atoms with Gasteiger partial charge in [0.15, 0.2) is 5.01 Å². The van der Waals surface area contributed by atoms with E-state index in [4.69, 9.17) is 0 Å². The Balaban J connectivity index is 2.17. The summed E-state index contributed by atoms with van der Waals surface area (Å²) in [5.74, 6) is -0.176. The molecule has 0 unspecified atom stereocenters.